The highest BCUT2D eigenvalue weighted by molar-refractivity contribution is 8.00. The zero-order valence-electron chi connectivity index (χ0n) is 12.3. The van der Waals surface area contributed by atoms with Crippen molar-refractivity contribution in [3.8, 4) is 11.1 Å². The minimum Gasteiger partial charge on any atom is -0.417 e. The van der Waals surface area contributed by atoms with Crippen LogP contribution in [0, 0.1) is 0 Å². The third-order valence-corrected chi connectivity index (χ3v) is 5.12. The quantitative estimate of drug-likeness (QED) is 0.548. The summed E-state index contributed by atoms with van der Waals surface area (Å²) >= 11 is 8.79. The zero-order valence-corrected chi connectivity index (χ0v) is 14.7. The summed E-state index contributed by atoms with van der Waals surface area (Å²) in [5.74, 6) is -0.705. The summed E-state index contributed by atoms with van der Waals surface area (Å²) in [4.78, 5) is 24.1. The average molecular weight is 380 g/mol. The van der Waals surface area contributed by atoms with E-state index in [4.69, 9.17) is 16.0 Å². The third-order valence-electron chi connectivity index (χ3n) is 2.98. The predicted octanol–water partition coefficient (Wildman–Crippen LogP) is 3.79. The molecule has 2 aromatic heterocycles. The predicted molar refractivity (Wildman–Crippen MR) is 95.1 cm³/mol. The van der Waals surface area contributed by atoms with Gasteiger partial charge in [0.2, 0.25) is 5.13 Å². The van der Waals surface area contributed by atoms with Gasteiger partial charge in [-0.25, -0.2) is 4.79 Å². The molecule has 0 aliphatic heterocycles. The van der Waals surface area contributed by atoms with Crippen molar-refractivity contribution in [3.05, 3.63) is 57.6 Å². The molecular weight excluding hydrogens is 370 g/mol. The van der Waals surface area contributed by atoms with E-state index in [1.165, 1.54) is 35.2 Å². The first-order valence-corrected chi connectivity index (χ1v) is 9.07. The highest BCUT2D eigenvalue weighted by Gasteiger charge is 2.15. The summed E-state index contributed by atoms with van der Waals surface area (Å²) in [6.07, 6.45) is 1.86. The van der Waals surface area contributed by atoms with Gasteiger partial charge in [-0.15, -0.1) is 10.2 Å². The smallest absolute Gasteiger partial charge is 0.336 e. The first kappa shape index (κ1) is 16.7. The summed E-state index contributed by atoms with van der Waals surface area (Å²) in [6, 6.07) is 9.79. The Kier molecular flexibility index (Phi) is 4.98. The van der Waals surface area contributed by atoms with Gasteiger partial charge in [-0.05, 0) is 24.0 Å². The standard InChI is InChI=1S/C15H10ClN3O3S2/c1-23-15-19-18-14(24-15)17-13(21)11-6-8(7-12(20)22-11)9-4-2-3-5-10(9)16/h2-7H,1H3,(H,17,18,21). The molecule has 0 aliphatic carbocycles. The van der Waals surface area contributed by atoms with E-state index < -0.39 is 11.5 Å². The van der Waals surface area contributed by atoms with E-state index in [-0.39, 0.29) is 5.76 Å². The van der Waals surface area contributed by atoms with Crippen molar-refractivity contribution < 1.29 is 9.21 Å². The maximum absolute atomic E-state index is 12.3. The Balaban J connectivity index is 1.92. The van der Waals surface area contributed by atoms with Crippen molar-refractivity contribution in [2.24, 2.45) is 0 Å². The second-order valence-electron chi connectivity index (χ2n) is 4.54. The van der Waals surface area contributed by atoms with Crippen molar-refractivity contribution in [3.63, 3.8) is 0 Å². The van der Waals surface area contributed by atoms with Crippen molar-refractivity contribution in [2.75, 3.05) is 11.6 Å². The van der Waals surface area contributed by atoms with Crippen LogP contribution in [-0.4, -0.2) is 22.4 Å². The van der Waals surface area contributed by atoms with Crippen LogP contribution in [0.25, 0.3) is 11.1 Å². The Morgan fingerprint density at radius 1 is 1.29 bits per heavy atom. The average Bonchev–Trinajstić information content (AvgIpc) is 3.02. The molecule has 1 amide bonds. The molecular formula is C15H10ClN3O3S2. The van der Waals surface area contributed by atoms with Gasteiger partial charge in [0.1, 0.15) is 0 Å². The van der Waals surface area contributed by atoms with Crippen LogP contribution < -0.4 is 10.9 Å². The van der Waals surface area contributed by atoms with Crippen LogP contribution in [0.1, 0.15) is 10.6 Å². The molecule has 2 heterocycles. The summed E-state index contributed by atoms with van der Waals surface area (Å²) < 4.78 is 5.71. The normalized spacial score (nSPS) is 10.6. The number of carbonyl (C=O) groups excluding carboxylic acids is 1. The number of aromatic nitrogens is 2. The molecule has 0 saturated carbocycles. The van der Waals surface area contributed by atoms with Gasteiger partial charge in [0, 0.05) is 16.7 Å². The molecule has 1 N–H and O–H groups in total. The molecule has 0 radical (unpaired) electrons. The van der Waals surface area contributed by atoms with E-state index in [0.717, 1.165) is 4.34 Å². The molecule has 9 heteroatoms. The number of halogens is 1. The van der Waals surface area contributed by atoms with Gasteiger partial charge in [-0.2, -0.15) is 0 Å². The van der Waals surface area contributed by atoms with Gasteiger partial charge in [0.05, 0.1) is 0 Å². The minimum atomic E-state index is -0.639. The highest BCUT2D eigenvalue weighted by Crippen LogP contribution is 2.28. The van der Waals surface area contributed by atoms with Gasteiger partial charge in [0.25, 0.3) is 5.91 Å². The Morgan fingerprint density at radius 3 is 2.79 bits per heavy atom. The van der Waals surface area contributed by atoms with Gasteiger partial charge in [0.15, 0.2) is 10.1 Å². The van der Waals surface area contributed by atoms with Crippen molar-refractivity contribution in [1.29, 1.82) is 0 Å². The summed E-state index contributed by atoms with van der Waals surface area (Å²) in [5.41, 5.74) is 0.505. The number of hydrogen-bond acceptors (Lipinski definition) is 7. The summed E-state index contributed by atoms with van der Waals surface area (Å²) in [7, 11) is 0. The van der Waals surface area contributed by atoms with Crippen LogP contribution in [0.3, 0.4) is 0 Å². The first-order valence-electron chi connectivity index (χ1n) is 6.66. The molecule has 6 nitrogen and oxygen atoms in total. The molecule has 0 spiro atoms. The van der Waals surface area contributed by atoms with Crippen LogP contribution in [0.15, 0.2) is 49.9 Å². The van der Waals surface area contributed by atoms with Crippen molar-refractivity contribution in [2.45, 2.75) is 4.34 Å². The summed E-state index contributed by atoms with van der Waals surface area (Å²) in [6.45, 7) is 0. The topological polar surface area (TPSA) is 85.1 Å². The lowest BCUT2D eigenvalue weighted by molar-refractivity contribution is 0.0992. The van der Waals surface area contributed by atoms with Gasteiger partial charge in [-0.3, -0.25) is 10.1 Å². The number of nitrogens with zero attached hydrogens (tertiary/aromatic N) is 2. The third kappa shape index (κ3) is 3.66. The van der Waals surface area contributed by atoms with Gasteiger partial charge >= 0.3 is 5.63 Å². The van der Waals surface area contributed by atoms with E-state index in [0.29, 0.717) is 21.3 Å². The molecule has 0 saturated heterocycles. The lowest BCUT2D eigenvalue weighted by atomic mass is 10.1. The molecule has 0 atom stereocenters. The molecule has 3 rings (SSSR count). The number of thioether (sulfide) groups is 1. The number of benzene rings is 1. The fourth-order valence-electron chi connectivity index (χ4n) is 1.94. The molecule has 0 bridgehead atoms. The number of carbonyl (C=O) groups is 1. The molecule has 3 aromatic rings. The van der Waals surface area contributed by atoms with Gasteiger partial charge < -0.3 is 4.42 Å². The van der Waals surface area contributed by atoms with Crippen LogP contribution >= 0.6 is 34.7 Å². The largest absolute Gasteiger partial charge is 0.417 e. The van der Waals surface area contributed by atoms with Crippen LogP contribution in [0.2, 0.25) is 5.02 Å². The molecule has 1 aromatic carbocycles. The molecule has 122 valence electrons. The Hall–Kier alpha value is -2.16. The van der Waals surface area contributed by atoms with Gasteiger partial charge in [-0.1, -0.05) is 52.9 Å². The molecule has 0 fully saturated rings. The molecule has 0 unspecified atom stereocenters. The Morgan fingerprint density at radius 2 is 2.08 bits per heavy atom. The lowest BCUT2D eigenvalue weighted by Gasteiger charge is -2.05. The molecule has 24 heavy (non-hydrogen) atoms. The lowest BCUT2D eigenvalue weighted by Crippen LogP contribution is -2.14. The van der Waals surface area contributed by atoms with E-state index >= 15 is 0 Å². The van der Waals surface area contributed by atoms with E-state index in [9.17, 15) is 9.59 Å². The van der Waals surface area contributed by atoms with Crippen LogP contribution in [0.4, 0.5) is 5.13 Å². The second kappa shape index (κ2) is 7.16. The maximum atomic E-state index is 12.3. The number of amides is 1. The zero-order chi connectivity index (χ0) is 17.1. The second-order valence-corrected chi connectivity index (χ2v) is 6.98. The molecule has 0 aliphatic rings. The Labute approximate surface area is 149 Å². The van der Waals surface area contributed by atoms with Crippen molar-refractivity contribution in [1.82, 2.24) is 10.2 Å². The van der Waals surface area contributed by atoms with E-state index in [1.807, 2.05) is 6.26 Å². The van der Waals surface area contributed by atoms with E-state index in [1.54, 1.807) is 24.3 Å². The summed E-state index contributed by atoms with van der Waals surface area (Å²) in [5, 5.41) is 11.1. The minimum absolute atomic E-state index is 0.127. The first-order chi connectivity index (χ1) is 11.6. The fourth-order valence-corrected chi connectivity index (χ4v) is 3.35. The van der Waals surface area contributed by atoms with E-state index in [2.05, 4.69) is 15.5 Å². The monoisotopic (exact) mass is 379 g/mol. The number of rotatable bonds is 4. The number of anilines is 1. The van der Waals surface area contributed by atoms with Crippen LogP contribution in [-0.2, 0) is 0 Å². The SMILES string of the molecule is CSc1nnc(NC(=O)c2cc(-c3ccccc3Cl)cc(=O)o2)s1. The van der Waals surface area contributed by atoms with Crippen molar-refractivity contribution >= 4 is 45.7 Å². The van der Waals surface area contributed by atoms with Crippen LogP contribution in [0.5, 0.6) is 0 Å². The number of nitrogens with one attached hydrogen (secondary N) is 1. The number of hydrogen-bond donors (Lipinski definition) is 1. The maximum Gasteiger partial charge on any atom is 0.336 e. The highest BCUT2D eigenvalue weighted by atomic mass is 35.5. The fraction of sp³-hybridized carbons (Fsp3) is 0.0667. The Bertz CT molecular complexity index is 955.